The number of rotatable bonds is 5. The van der Waals surface area contributed by atoms with Crippen molar-refractivity contribution in [2.45, 2.75) is 26.1 Å². The van der Waals surface area contributed by atoms with Gasteiger partial charge in [0, 0.05) is 19.3 Å². The summed E-state index contributed by atoms with van der Waals surface area (Å²) < 4.78 is 36.1. The fourth-order valence-corrected chi connectivity index (χ4v) is 1.32. The number of aromatic nitrogens is 1. The second-order valence-electron chi connectivity index (χ2n) is 3.81. The van der Waals surface area contributed by atoms with Gasteiger partial charge in [0.15, 0.2) is 5.96 Å². The zero-order chi connectivity index (χ0) is 14.1. The zero-order valence-corrected chi connectivity index (χ0v) is 13.4. The highest BCUT2D eigenvalue weighted by molar-refractivity contribution is 14.0. The summed E-state index contributed by atoms with van der Waals surface area (Å²) in [5, 5.41) is 5.52. The number of hydrogen-bond donors (Lipinski definition) is 2. The molecule has 0 saturated heterocycles. The summed E-state index contributed by atoms with van der Waals surface area (Å²) in [6.45, 7) is 2.56. The number of hydrogen-bond acceptors (Lipinski definition) is 2. The number of aliphatic imine (C=N–C) groups is 1. The lowest BCUT2D eigenvalue weighted by Gasteiger charge is -2.12. The van der Waals surface area contributed by atoms with Crippen LogP contribution in [0.5, 0.6) is 0 Å². The van der Waals surface area contributed by atoms with Crippen molar-refractivity contribution < 1.29 is 13.2 Å². The fraction of sp³-hybridized carbons (Fsp3) is 0.500. The maximum Gasteiger partial charge on any atom is 0.390 e. The number of nitrogens with zero attached hydrogens (tertiary/aromatic N) is 2. The normalized spacial score (nSPS) is 11.7. The lowest BCUT2D eigenvalue weighted by Crippen LogP contribution is -2.38. The Morgan fingerprint density at radius 2 is 2.05 bits per heavy atom. The van der Waals surface area contributed by atoms with Gasteiger partial charge >= 0.3 is 6.18 Å². The van der Waals surface area contributed by atoms with E-state index >= 15 is 0 Å². The van der Waals surface area contributed by atoms with Crippen molar-refractivity contribution in [3.63, 3.8) is 0 Å². The van der Waals surface area contributed by atoms with Crippen LogP contribution in [0.25, 0.3) is 0 Å². The average molecular weight is 402 g/mol. The maximum absolute atomic E-state index is 12.0. The van der Waals surface area contributed by atoms with Crippen LogP contribution in [0.3, 0.4) is 0 Å². The molecule has 0 aliphatic carbocycles. The molecule has 1 aromatic heterocycles. The minimum Gasteiger partial charge on any atom is -0.357 e. The van der Waals surface area contributed by atoms with Gasteiger partial charge in [0.1, 0.15) is 0 Å². The lowest BCUT2D eigenvalue weighted by molar-refractivity contribution is -0.132. The molecular formula is C12H18F3IN4. The SMILES string of the molecule is CCNC(=NCc1ccccn1)NCCC(F)(F)F.I. The standard InChI is InChI=1S/C12H17F3N4.HI/c1-2-16-11(18-8-6-12(13,14)15)19-9-10-5-3-4-7-17-10;/h3-5,7H,2,6,8-9H2,1H3,(H2,16,18,19);1H. The van der Waals surface area contributed by atoms with E-state index in [1.165, 1.54) is 0 Å². The van der Waals surface area contributed by atoms with Crippen molar-refractivity contribution in [2.24, 2.45) is 4.99 Å². The third kappa shape index (κ3) is 8.94. The van der Waals surface area contributed by atoms with Gasteiger partial charge in [0.2, 0.25) is 0 Å². The highest BCUT2D eigenvalue weighted by Gasteiger charge is 2.26. The molecule has 0 saturated carbocycles. The van der Waals surface area contributed by atoms with Gasteiger partial charge in [-0.1, -0.05) is 6.07 Å². The topological polar surface area (TPSA) is 49.3 Å². The number of halogens is 4. The minimum atomic E-state index is -4.16. The lowest BCUT2D eigenvalue weighted by atomic mass is 10.3. The van der Waals surface area contributed by atoms with Crippen LogP contribution in [0, 0.1) is 0 Å². The number of nitrogens with one attached hydrogen (secondary N) is 2. The molecule has 0 aliphatic heterocycles. The molecule has 20 heavy (non-hydrogen) atoms. The first-order chi connectivity index (χ1) is 9.01. The first kappa shape index (κ1) is 18.9. The molecule has 0 amide bonds. The van der Waals surface area contributed by atoms with Crippen LogP contribution in [0.15, 0.2) is 29.4 Å². The smallest absolute Gasteiger partial charge is 0.357 e. The van der Waals surface area contributed by atoms with Crippen molar-refractivity contribution in [3.8, 4) is 0 Å². The van der Waals surface area contributed by atoms with E-state index in [4.69, 9.17) is 0 Å². The zero-order valence-electron chi connectivity index (χ0n) is 11.1. The predicted octanol–water partition coefficient (Wildman–Crippen LogP) is 2.71. The summed E-state index contributed by atoms with van der Waals surface area (Å²) >= 11 is 0. The van der Waals surface area contributed by atoms with E-state index in [9.17, 15) is 13.2 Å². The third-order valence-electron chi connectivity index (χ3n) is 2.17. The summed E-state index contributed by atoms with van der Waals surface area (Å²) in [6.07, 6.45) is -3.40. The first-order valence-corrected chi connectivity index (χ1v) is 6.00. The van der Waals surface area contributed by atoms with Gasteiger partial charge in [-0.2, -0.15) is 13.2 Å². The molecule has 8 heteroatoms. The van der Waals surface area contributed by atoms with Crippen molar-refractivity contribution >= 4 is 29.9 Å². The molecule has 2 N–H and O–H groups in total. The van der Waals surface area contributed by atoms with Gasteiger partial charge in [0.25, 0.3) is 0 Å². The van der Waals surface area contributed by atoms with E-state index in [-0.39, 0.29) is 30.5 Å². The Balaban J connectivity index is 0.00000361. The van der Waals surface area contributed by atoms with Gasteiger partial charge in [-0.25, -0.2) is 4.99 Å². The van der Waals surface area contributed by atoms with E-state index in [0.29, 0.717) is 19.0 Å². The average Bonchev–Trinajstić information content (AvgIpc) is 2.36. The van der Waals surface area contributed by atoms with E-state index in [1.54, 1.807) is 12.3 Å². The Kier molecular flexibility index (Phi) is 9.26. The third-order valence-corrected chi connectivity index (χ3v) is 2.17. The summed E-state index contributed by atoms with van der Waals surface area (Å²) in [4.78, 5) is 8.26. The van der Waals surface area contributed by atoms with Gasteiger partial charge in [-0.05, 0) is 19.1 Å². The predicted molar refractivity (Wildman–Crippen MR) is 83.1 cm³/mol. The van der Waals surface area contributed by atoms with Gasteiger partial charge in [-0.3, -0.25) is 4.98 Å². The first-order valence-electron chi connectivity index (χ1n) is 6.00. The second-order valence-corrected chi connectivity index (χ2v) is 3.81. The summed E-state index contributed by atoms with van der Waals surface area (Å²) in [7, 11) is 0. The maximum atomic E-state index is 12.0. The molecule has 4 nitrogen and oxygen atoms in total. The van der Waals surface area contributed by atoms with E-state index in [2.05, 4.69) is 20.6 Å². The van der Waals surface area contributed by atoms with Crippen molar-refractivity contribution in [1.29, 1.82) is 0 Å². The Morgan fingerprint density at radius 3 is 2.60 bits per heavy atom. The number of alkyl halides is 3. The van der Waals surface area contributed by atoms with Crippen molar-refractivity contribution in [2.75, 3.05) is 13.1 Å². The van der Waals surface area contributed by atoms with Gasteiger partial charge in [-0.15, -0.1) is 24.0 Å². The largest absolute Gasteiger partial charge is 0.390 e. The Labute approximate surface area is 133 Å². The molecule has 0 radical (unpaired) electrons. The molecule has 1 heterocycles. The molecule has 1 rings (SSSR count). The molecule has 0 atom stereocenters. The van der Waals surface area contributed by atoms with Gasteiger partial charge < -0.3 is 10.6 Å². The number of pyridine rings is 1. The number of guanidine groups is 1. The molecule has 1 aromatic rings. The van der Waals surface area contributed by atoms with Gasteiger partial charge in [0.05, 0.1) is 18.7 Å². The Morgan fingerprint density at radius 1 is 1.30 bits per heavy atom. The molecule has 0 aromatic carbocycles. The summed E-state index contributed by atoms with van der Waals surface area (Å²) in [5.74, 6) is 0.359. The molecule has 0 aliphatic rings. The highest BCUT2D eigenvalue weighted by atomic mass is 127. The van der Waals surface area contributed by atoms with E-state index in [1.807, 2.05) is 19.1 Å². The summed E-state index contributed by atoms with van der Waals surface area (Å²) in [5.41, 5.74) is 0.760. The van der Waals surface area contributed by atoms with Crippen LogP contribution >= 0.6 is 24.0 Å². The second kappa shape index (κ2) is 9.78. The van der Waals surface area contributed by atoms with E-state index < -0.39 is 12.6 Å². The molecule has 0 fully saturated rings. The molecule has 0 bridgehead atoms. The molecule has 0 spiro atoms. The van der Waals surface area contributed by atoms with Crippen LogP contribution < -0.4 is 10.6 Å². The van der Waals surface area contributed by atoms with E-state index in [0.717, 1.165) is 5.69 Å². The minimum absolute atomic E-state index is 0. The van der Waals surface area contributed by atoms with Crippen LogP contribution in [-0.4, -0.2) is 30.2 Å². The quantitative estimate of drug-likeness (QED) is 0.453. The molecule has 0 unspecified atom stereocenters. The fourth-order valence-electron chi connectivity index (χ4n) is 1.32. The van der Waals surface area contributed by atoms with Crippen molar-refractivity contribution in [1.82, 2.24) is 15.6 Å². The highest BCUT2D eigenvalue weighted by Crippen LogP contribution is 2.17. The van der Waals surface area contributed by atoms with Crippen LogP contribution in [-0.2, 0) is 6.54 Å². The van der Waals surface area contributed by atoms with Crippen LogP contribution in [0.1, 0.15) is 19.0 Å². The Hall–Kier alpha value is -1.06. The Bertz CT molecular complexity index is 395. The molecule has 114 valence electrons. The summed E-state index contributed by atoms with van der Waals surface area (Å²) in [6, 6.07) is 5.44. The molecular weight excluding hydrogens is 384 g/mol. The van der Waals surface area contributed by atoms with Crippen molar-refractivity contribution in [3.05, 3.63) is 30.1 Å². The van der Waals surface area contributed by atoms with Crippen LogP contribution in [0.4, 0.5) is 13.2 Å². The monoisotopic (exact) mass is 402 g/mol. The van der Waals surface area contributed by atoms with Crippen LogP contribution in [0.2, 0.25) is 0 Å².